The molecule has 0 saturated heterocycles. The topological polar surface area (TPSA) is 73.6 Å². The minimum Gasteiger partial charge on any atom is -0.490 e. The maximum atomic E-state index is 11.5. The Morgan fingerprint density at radius 3 is 2.85 bits per heavy atom. The summed E-state index contributed by atoms with van der Waals surface area (Å²) in [6, 6.07) is 3.00. The van der Waals surface area contributed by atoms with Gasteiger partial charge in [-0.1, -0.05) is 13.8 Å². The van der Waals surface area contributed by atoms with Crippen LogP contribution in [0.5, 0.6) is 5.75 Å². The molecule has 0 aliphatic carbocycles. The summed E-state index contributed by atoms with van der Waals surface area (Å²) in [6.45, 7) is 5.92. The number of halogens is 1. The number of benzene rings is 1. The van der Waals surface area contributed by atoms with Crippen LogP contribution in [0.4, 0.5) is 5.69 Å². The van der Waals surface area contributed by atoms with E-state index in [-0.39, 0.29) is 5.91 Å². The third kappa shape index (κ3) is 3.50. The monoisotopic (exact) mass is 342 g/mol. The Labute approximate surface area is 126 Å². The van der Waals surface area contributed by atoms with Gasteiger partial charge in [-0.15, -0.1) is 0 Å². The van der Waals surface area contributed by atoms with Gasteiger partial charge >= 0.3 is 0 Å². The van der Waals surface area contributed by atoms with Crippen LogP contribution >= 0.6 is 15.9 Å². The van der Waals surface area contributed by atoms with E-state index in [2.05, 4.69) is 35.1 Å². The van der Waals surface area contributed by atoms with Crippen molar-refractivity contribution >= 4 is 27.5 Å². The van der Waals surface area contributed by atoms with Gasteiger partial charge in [-0.2, -0.15) is 0 Å². The molecule has 110 valence electrons. The van der Waals surface area contributed by atoms with Gasteiger partial charge in [0, 0.05) is 23.9 Å². The maximum absolute atomic E-state index is 11.5. The van der Waals surface area contributed by atoms with Gasteiger partial charge in [-0.3, -0.25) is 4.79 Å². The van der Waals surface area contributed by atoms with Crippen molar-refractivity contribution in [2.24, 2.45) is 11.7 Å². The number of carbonyl (C=O) groups excluding carboxylic acids is 1. The fraction of sp³-hybridized carbons (Fsp3) is 0.500. The van der Waals surface area contributed by atoms with E-state index >= 15 is 0 Å². The molecule has 0 spiro atoms. The first-order valence-electron chi connectivity index (χ1n) is 6.59. The van der Waals surface area contributed by atoms with Crippen molar-refractivity contribution in [3.63, 3.8) is 0 Å². The number of amides is 1. The lowest BCUT2D eigenvalue weighted by molar-refractivity contribution is -0.116. The third-order valence-corrected chi connectivity index (χ3v) is 3.54. The van der Waals surface area contributed by atoms with Crippen LogP contribution in [0, 0.1) is 5.92 Å². The molecule has 0 saturated carbocycles. The molecule has 1 aromatic rings. The summed E-state index contributed by atoms with van der Waals surface area (Å²) >= 11 is 3.43. The Hall–Kier alpha value is -1.11. The fourth-order valence-electron chi connectivity index (χ4n) is 1.93. The van der Waals surface area contributed by atoms with E-state index in [9.17, 15) is 4.79 Å². The number of carbonyl (C=O) groups is 1. The second-order valence-corrected chi connectivity index (χ2v) is 6.01. The van der Waals surface area contributed by atoms with Crippen molar-refractivity contribution in [3.05, 3.63) is 22.2 Å². The Morgan fingerprint density at radius 2 is 2.15 bits per heavy atom. The van der Waals surface area contributed by atoms with Gasteiger partial charge in [0.15, 0.2) is 0 Å². The van der Waals surface area contributed by atoms with E-state index in [1.807, 2.05) is 6.07 Å². The zero-order valence-electron chi connectivity index (χ0n) is 11.6. The number of fused-ring (bicyclic) bond motifs is 1. The molecule has 2 rings (SSSR count). The molecule has 0 bridgehead atoms. The molecule has 3 N–H and O–H groups in total. The molecule has 0 aromatic heterocycles. The first-order chi connectivity index (χ1) is 9.49. The molecule has 1 aliphatic heterocycles. The van der Waals surface area contributed by atoms with Gasteiger partial charge < -0.3 is 20.5 Å². The Bertz CT molecular complexity index is 505. The Balaban J connectivity index is 1.93. The molecule has 0 radical (unpaired) electrons. The average Bonchev–Trinajstić information content (AvgIpc) is 2.65. The molecule has 1 atom stereocenters. The molecule has 0 fully saturated rings. The van der Waals surface area contributed by atoms with Gasteiger partial charge in [0.25, 0.3) is 0 Å². The van der Waals surface area contributed by atoms with Crippen LogP contribution in [-0.2, 0) is 9.53 Å². The Kier molecular flexibility index (Phi) is 5.01. The van der Waals surface area contributed by atoms with Crippen LogP contribution in [0.2, 0.25) is 0 Å². The quantitative estimate of drug-likeness (QED) is 0.778. The number of ether oxygens (including phenoxy) is 2. The highest BCUT2D eigenvalue weighted by Gasteiger charge is 2.28. The van der Waals surface area contributed by atoms with E-state index in [1.54, 1.807) is 6.07 Å². The minimum absolute atomic E-state index is 0.190. The van der Waals surface area contributed by atoms with E-state index in [4.69, 9.17) is 15.2 Å². The molecule has 1 unspecified atom stereocenters. The number of hydrogen-bond donors (Lipinski definition) is 2. The lowest BCUT2D eigenvalue weighted by atomic mass is 10.1. The van der Waals surface area contributed by atoms with Gasteiger partial charge in [-0.25, -0.2) is 0 Å². The largest absolute Gasteiger partial charge is 0.490 e. The van der Waals surface area contributed by atoms with Crippen LogP contribution in [0.25, 0.3) is 0 Å². The minimum atomic E-state index is -0.607. The number of anilines is 1. The summed E-state index contributed by atoms with van der Waals surface area (Å²) in [4.78, 5) is 11.5. The van der Waals surface area contributed by atoms with E-state index in [1.165, 1.54) is 0 Å². The van der Waals surface area contributed by atoms with Crippen LogP contribution in [0.1, 0.15) is 25.5 Å². The summed E-state index contributed by atoms with van der Waals surface area (Å²) in [5.41, 5.74) is 7.28. The first-order valence-corrected chi connectivity index (χ1v) is 7.38. The molecule has 1 aliphatic rings. The van der Waals surface area contributed by atoms with Crippen LogP contribution in [0.3, 0.4) is 0 Å². The smallest absolute Gasteiger partial charge is 0.245 e. The van der Waals surface area contributed by atoms with Crippen LogP contribution < -0.4 is 15.8 Å². The van der Waals surface area contributed by atoms with Gasteiger partial charge in [0.05, 0.1) is 11.1 Å². The SMILES string of the molecule is CC(C)COCCOc1cc2c(cc1Br)C(N)C(=O)N2. The second-order valence-electron chi connectivity index (χ2n) is 5.15. The number of nitrogens with two attached hydrogens (primary N) is 1. The summed E-state index contributed by atoms with van der Waals surface area (Å²) in [5.74, 6) is 0.994. The van der Waals surface area contributed by atoms with E-state index in [0.717, 1.165) is 16.6 Å². The van der Waals surface area contributed by atoms with Crippen LogP contribution in [0.15, 0.2) is 16.6 Å². The molecule has 6 heteroatoms. The molecule has 5 nitrogen and oxygen atoms in total. The standard InChI is InChI=1S/C14H19BrN2O3/c1-8(2)7-19-3-4-20-12-6-11-9(5-10(12)15)13(16)14(18)17-11/h5-6,8,13H,3-4,7,16H2,1-2H3,(H,17,18). The molecule has 1 amide bonds. The molecular weight excluding hydrogens is 324 g/mol. The highest BCUT2D eigenvalue weighted by molar-refractivity contribution is 9.10. The normalized spacial score (nSPS) is 17.2. The van der Waals surface area contributed by atoms with Crippen molar-refractivity contribution in [1.82, 2.24) is 0 Å². The number of nitrogens with one attached hydrogen (secondary N) is 1. The number of rotatable bonds is 6. The van der Waals surface area contributed by atoms with Gasteiger partial charge in [-0.05, 0) is 27.9 Å². The predicted molar refractivity (Wildman–Crippen MR) is 80.9 cm³/mol. The lowest BCUT2D eigenvalue weighted by Gasteiger charge is -2.11. The predicted octanol–water partition coefficient (Wildman–Crippen LogP) is 2.45. The Morgan fingerprint density at radius 1 is 1.40 bits per heavy atom. The van der Waals surface area contributed by atoms with Crippen molar-refractivity contribution in [3.8, 4) is 5.75 Å². The first kappa shape index (κ1) is 15.3. The lowest BCUT2D eigenvalue weighted by Crippen LogP contribution is -2.19. The summed E-state index contributed by atoms with van der Waals surface area (Å²) in [7, 11) is 0. The van der Waals surface area contributed by atoms with Crippen molar-refractivity contribution in [2.75, 3.05) is 25.1 Å². The van der Waals surface area contributed by atoms with E-state index in [0.29, 0.717) is 30.6 Å². The van der Waals surface area contributed by atoms with Crippen molar-refractivity contribution < 1.29 is 14.3 Å². The third-order valence-electron chi connectivity index (χ3n) is 2.92. The second kappa shape index (κ2) is 6.56. The highest BCUT2D eigenvalue weighted by atomic mass is 79.9. The highest BCUT2D eigenvalue weighted by Crippen LogP contribution is 2.37. The molecule has 1 heterocycles. The van der Waals surface area contributed by atoms with Gasteiger partial charge in [0.1, 0.15) is 18.4 Å². The van der Waals surface area contributed by atoms with E-state index < -0.39 is 6.04 Å². The van der Waals surface area contributed by atoms with Crippen molar-refractivity contribution in [1.29, 1.82) is 0 Å². The molecule has 1 aromatic carbocycles. The molecule has 20 heavy (non-hydrogen) atoms. The van der Waals surface area contributed by atoms with Crippen LogP contribution in [-0.4, -0.2) is 25.7 Å². The number of hydrogen-bond acceptors (Lipinski definition) is 4. The van der Waals surface area contributed by atoms with Crippen molar-refractivity contribution in [2.45, 2.75) is 19.9 Å². The summed E-state index contributed by atoms with van der Waals surface area (Å²) in [5, 5.41) is 2.74. The summed E-state index contributed by atoms with van der Waals surface area (Å²) in [6.07, 6.45) is 0. The molecular formula is C14H19BrN2O3. The van der Waals surface area contributed by atoms with Gasteiger partial charge in [0.2, 0.25) is 5.91 Å². The zero-order chi connectivity index (χ0) is 14.7. The zero-order valence-corrected chi connectivity index (χ0v) is 13.2. The maximum Gasteiger partial charge on any atom is 0.245 e. The fourth-order valence-corrected chi connectivity index (χ4v) is 2.40. The summed E-state index contributed by atoms with van der Waals surface area (Å²) < 4.78 is 11.9. The average molecular weight is 343 g/mol.